The molecule has 1 unspecified atom stereocenters. The fraction of sp³-hybridized carbons (Fsp3) is 0.875. The van der Waals surface area contributed by atoms with Gasteiger partial charge in [-0.3, -0.25) is 0 Å². The Labute approximate surface area is 95.1 Å². The molecule has 1 atom stereocenters. The van der Waals surface area contributed by atoms with Crippen molar-refractivity contribution >= 4 is 16.3 Å². The third-order valence-electron chi connectivity index (χ3n) is 2.53. The van der Waals surface area contributed by atoms with Crippen LogP contribution in [-0.2, 0) is 14.9 Å². The summed E-state index contributed by atoms with van der Waals surface area (Å²) in [6.07, 6.45) is 1.34. The van der Waals surface area contributed by atoms with Crippen LogP contribution >= 0.6 is 0 Å². The van der Waals surface area contributed by atoms with E-state index in [1.165, 1.54) is 7.11 Å². The van der Waals surface area contributed by atoms with Crippen molar-refractivity contribution in [3.8, 4) is 0 Å². The van der Waals surface area contributed by atoms with Gasteiger partial charge in [-0.25, -0.2) is 14.7 Å². The van der Waals surface area contributed by atoms with Crippen LogP contribution in [0.5, 0.6) is 0 Å². The molecule has 1 saturated heterocycles. The van der Waals surface area contributed by atoms with Crippen molar-refractivity contribution in [2.24, 2.45) is 11.1 Å². The molecular weight excluding hydrogens is 234 g/mol. The van der Waals surface area contributed by atoms with Crippen LogP contribution in [0.25, 0.3) is 0 Å². The number of carbonyl (C=O) groups excluding carboxylic acids is 1. The lowest BCUT2D eigenvalue weighted by Gasteiger charge is -2.31. The number of nitrogens with one attached hydrogen (secondary N) is 1. The molecule has 0 aromatic heterocycles. The molecule has 0 radical (unpaired) electrons. The average Bonchev–Trinajstić information content (AvgIpc) is 2.25. The van der Waals surface area contributed by atoms with Gasteiger partial charge in [-0.15, -0.1) is 0 Å². The second-order valence-electron chi connectivity index (χ2n) is 3.82. The number of likely N-dealkylation sites (tertiary alicyclic amines) is 1. The summed E-state index contributed by atoms with van der Waals surface area (Å²) in [4.78, 5) is 12.8. The molecule has 0 bridgehead atoms. The number of piperidine rings is 1. The largest absolute Gasteiger partial charge is 0.453 e. The Morgan fingerprint density at radius 1 is 1.62 bits per heavy atom. The van der Waals surface area contributed by atoms with E-state index in [9.17, 15) is 13.2 Å². The van der Waals surface area contributed by atoms with Gasteiger partial charge in [0.15, 0.2) is 0 Å². The number of carbonyl (C=O) groups is 1. The summed E-state index contributed by atoms with van der Waals surface area (Å²) in [7, 11) is -2.32. The molecule has 16 heavy (non-hydrogen) atoms. The molecule has 94 valence electrons. The van der Waals surface area contributed by atoms with E-state index in [4.69, 9.17) is 5.14 Å². The van der Waals surface area contributed by atoms with Crippen molar-refractivity contribution in [2.75, 3.05) is 26.7 Å². The Bertz CT molecular complexity index is 343. The summed E-state index contributed by atoms with van der Waals surface area (Å²) >= 11 is 0. The molecule has 3 N–H and O–H groups in total. The van der Waals surface area contributed by atoms with Crippen LogP contribution in [0.2, 0.25) is 0 Å². The Morgan fingerprint density at radius 2 is 2.31 bits per heavy atom. The van der Waals surface area contributed by atoms with E-state index < -0.39 is 10.2 Å². The molecule has 1 rings (SSSR count). The van der Waals surface area contributed by atoms with Gasteiger partial charge in [0, 0.05) is 19.6 Å². The third kappa shape index (κ3) is 4.33. The lowest BCUT2D eigenvalue weighted by Crippen LogP contribution is -2.44. The quantitative estimate of drug-likeness (QED) is 0.689. The number of nitrogens with zero attached hydrogens (tertiary/aromatic N) is 1. The van der Waals surface area contributed by atoms with Crippen LogP contribution in [0.15, 0.2) is 0 Å². The maximum Gasteiger partial charge on any atom is 0.409 e. The van der Waals surface area contributed by atoms with E-state index >= 15 is 0 Å². The van der Waals surface area contributed by atoms with Gasteiger partial charge >= 0.3 is 6.09 Å². The molecule has 0 aromatic carbocycles. The topological polar surface area (TPSA) is 102 Å². The van der Waals surface area contributed by atoms with Gasteiger partial charge in [-0.2, -0.15) is 8.42 Å². The molecule has 1 aliphatic heterocycles. The van der Waals surface area contributed by atoms with E-state index in [1.54, 1.807) is 4.90 Å². The molecule has 1 amide bonds. The number of hydrogen-bond acceptors (Lipinski definition) is 4. The highest BCUT2D eigenvalue weighted by atomic mass is 32.2. The number of amides is 1. The van der Waals surface area contributed by atoms with Crippen LogP contribution in [0, 0.1) is 5.92 Å². The van der Waals surface area contributed by atoms with Crippen LogP contribution in [0.4, 0.5) is 4.79 Å². The molecule has 7 nitrogen and oxygen atoms in total. The molecule has 8 heteroatoms. The minimum absolute atomic E-state index is 0.0891. The van der Waals surface area contributed by atoms with Gasteiger partial charge in [-0.1, -0.05) is 0 Å². The molecule has 1 aliphatic rings. The highest BCUT2D eigenvalue weighted by molar-refractivity contribution is 7.87. The van der Waals surface area contributed by atoms with Gasteiger partial charge in [0.1, 0.15) is 0 Å². The van der Waals surface area contributed by atoms with Crippen LogP contribution in [-0.4, -0.2) is 46.2 Å². The van der Waals surface area contributed by atoms with Crippen molar-refractivity contribution in [2.45, 2.75) is 12.8 Å². The Morgan fingerprint density at radius 3 is 2.88 bits per heavy atom. The highest BCUT2D eigenvalue weighted by Crippen LogP contribution is 2.16. The van der Waals surface area contributed by atoms with E-state index in [0.29, 0.717) is 13.1 Å². The van der Waals surface area contributed by atoms with Crippen molar-refractivity contribution in [3.05, 3.63) is 0 Å². The monoisotopic (exact) mass is 251 g/mol. The fourth-order valence-electron chi connectivity index (χ4n) is 1.76. The smallest absolute Gasteiger partial charge is 0.409 e. The van der Waals surface area contributed by atoms with Gasteiger partial charge in [0.05, 0.1) is 7.11 Å². The molecule has 0 aliphatic carbocycles. The first-order chi connectivity index (χ1) is 7.42. The molecule has 1 fully saturated rings. The van der Waals surface area contributed by atoms with E-state index in [2.05, 4.69) is 9.46 Å². The molecular formula is C8H17N3O4S. The van der Waals surface area contributed by atoms with Crippen molar-refractivity contribution in [1.29, 1.82) is 0 Å². The van der Waals surface area contributed by atoms with Crippen molar-refractivity contribution in [1.82, 2.24) is 9.62 Å². The van der Waals surface area contributed by atoms with Crippen molar-refractivity contribution < 1.29 is 17.9 Å². The number of nitrogens with two attached hydrogens (primary N) is 1. The molecule has 1 heterocycles. The Kier molecular flexibility index (Phi) is 4.51. The summed E-state index contributed by atoms with van der Waals surface area (Å²) in [5, 5.41) is 4.83. The number of hydrogen-bond donors (Lipinski definition) is 2. The van der Waals surface area contributed by atoms with E-state index in [1.807, 2.05) is 0 Å². The minimum Gasteiger partial charge on any atom is -0.453 e. The molecule has 0 saturated carbocycles. The van der Waals surface area contributed by atoms with Crippen LogP contribution in [0.1, 0.15) is 12.8 Å². The number of rotatable bonds is 3. The second-order valence-corrected chi connectivity index (χ2v) is 5.20. The lowest BCUT2D eigenvalue weighted by atomic mass is 9.99. The second kappa shape index (κ2) is 5.46. The highest BCUT2D eigenvalue weighted by Gasteiger charge is 2.24. The first kappa shape index (κ1) is 13.2. The first-order valence-electron chi connectivity index (χ1n) is 5.02. The molecule has 0 spiro atoms. The summed E-state index contributed by atoms with van der Waals surface area (Å²) < 4.78 is 28.3. The summed E-state index contributed by atoms with van der Waals surface area (Å²) in [5.41, 5.74) is 0. The number of methoxy groups -OCH3 is 1. The summed E-state index contributed by atoms with van der Waals surface area (Å²) in [6.45, 7) is 1.40. The zero-order valence-corrected chi connectivity index (χ0v) is 10.00. The van der Waals surface area contributed by atoms with Gasteiger partial charge < -0.3 is 9.64 Å². The number of ether oxygens (including phenoxy) is 1. The van der Waals surface area contributed by atoms with Gasteiger partial charge in [-0.05, 0) is 18.8 Å². The van der Waals surface area contributed by atoms with Crippen LogP contribution < -0.4 is 9.86 Å². The van der Waals surface area contributed by atoms with Gasteiger partial charge in [0.2, 0.25) is 0 Å². The van der Waals surface area contributed by atoms with Crippen LogP contribution in [0.3, 0.4) is 0 Å². The SMILES string of the molecule is COC(=O)N1CCCC(CNS(N)(=O)=O)C1. The normalized spacial score (nSPS) is 21.9. The van der Waals surface area contributed by atoms with E-state index in [-0.39, 0.29) is 18.6 Å². The maximum atomic E-state index is 11.3. The Hall–Kier alpha value is -0.860. The summed E-state index contributed by atoms with van der Waals surface area (Å²) in [6, 6.07) is 0. The van der Waals surface area contributed by atoms with Crippen molar-refractivity contribution in [3.63, 3.8) is 0 Å². The summed E-state index contributed by atoms with van der Waals surface area (Å²) in [5.74, 6) is 0.0891. The minimum atomic E-state index is -3.65. The lowest BCUT2D eigenvalue weighted by molar-refractivity contribution is 0.103. The third-order valence-corrected chi connectivity index (χ3v) is 3.09. The Balaban J connectivity index is 2.42. The van der Waals surface area contributed by atoms with E-state index in [0.717, 1.165) is 12.8 Å². The predicted octanol–water partition coefficient (Wildman–Crippen LogP) is -0.742. The zero-order chi connectivity index (χ0) is 12.2. The van der Waals surface area contributed by atoms with Gasteiger partial charge in [0.25, 0.3) is 10.2 Å². The fourth-order valence-corrected chi connectivity index (χ4v) is 2.23. The maximum absolute atomic E-state index is 11.3. The zero-order valence-electron chi connectivity index (χ0n) is 9.18. The predicted molar refractivity (Wildman–Crippen MR) is 57.8 cm³/mol. The standard InChI is InChI=1S/C8H17N3O4S/c1-15-8(12)11-4-2-3-7(6-11)5-10-16(9,13)14/h7,10H,2-6H2,1H3,(H2,9,13,14). The average molecular weight is 251 g/mol. The molecule has 0 aromatic rings. The first-order valence-corrected chi connectivity index (χ1v) is 6.57.